The Labute approximate surface area is 83.3 Å². The van der Waals surface area contributed by atoms with Crippen LogP contribution in [-0.4, -0.2) is 7.11 Å². The molecule has 1 aliphatic carbocycles. The number of fused-ring (bicyclic) bond motifs is 2. The van der Waals surface area contributed by atoms with Crippen LogP contribution in [0.5, 0.6) is 0 Å². The van der Waals surface area contributed by atoms with Crippen LogP contribution in [-0.2, 0) is 11.2 Å². The summed E-state index contributed by atoms with van der Waals surface area (Å²) < 4.78 is 5.36. The zero-order valence-corrected chi connectivity index (χ0v) is 8.16. The highest BCUT2D eigenvalue weighted by molar-refractivity contribution is 5.85. The molecule has 0 radical (unpaired) electrons. The zero-order valence-electron chi connectivity index (χ0n) is 8.16. The molecule has 3 rings (SSSR count). The molecule has 0 N–H and O–H groups in total. The first-order valence-electron chi connectivity index (χ1n) is 4.93. The third kappa shape index (κ3) is 0.992. The molecule has 2 aromatic rings. The van der Waals surface area contributed by atoms with E-state index in [1.807, 2.05) is 0 Å². The van der Waals surface area contributed by atoms with Gasteiger partial charge < -0.3 is 4.74 Å². The van der Waals surface area contributed by atoms with Crippen molar-refractivity contribution in [1.82, 2.24) is 0 Å². The lowest BCUT2D eigenvalue weighted by Gasteiger charge is -2.29. The summed E-state index contributed by atoms with van der Waals surface area (Å²) in [7, 11) is 1.78. The molecule has 1 nitrogen and oxygen atoms in total. The molecular formula is C13H12O. The molecule has 1 heteroatoms. The Morgan fingerprint density at radius 3 is 2.57 bits per heavy atom. The molecule has 0 aliphatic heterocycles. The third-order valence-electron chi connectivity index (χ3n) is 3.04. The molecule has 1 atom stereocenters. The highest BCUT2D eigenvalue weighted by Gasteiger charge is 2.25. The average Bonchev–Trinajstić information content (AvgIpc) is 2.21. The van der Waals surface area contributed by atoms with Crippen LogP contribution in [0, 0.1) is 0 Å². The highest BCUT2D eigenvalue weighted by atomic mass is 16.5. The second-order valence-corrected chi connectivity index (χ2v) is 3.83. The van der Waals surface area contributed by atoms with Gasteiger partial charge in [-0.25, -0.2) is 0 Å². The van der Waals surface area contributed by atoms with Crippen LogP contribution in [0.25, 0.3) is 10.8 Å². The zero-order chi connectivity index (χ0) is 9.54. The second kappa shape index (κ2) is 2.82. The molecular weight excluding hydrogens is 172 g/mol. The molecule has 0 spiro atoms. The fraction of sp³-hybridized carbons (Fsp3) is 0.231. The minimum atomic E-state index is 0.328. The molecule has 0 amide bonds. The molecule has 0 fully saturated rings. The molecule has 14 heavy (non-hydrogen) atoms. The summed E-state index contributed by atoms with van der Waals surface area (Å²) in [5.74, 6) is 0. The molecule has 0 bridgehead atoms. The molecule has 1 unspecified atom stereocenters. The van der Waals surface area contributed by atoms with Gasteiger partial charge >= 0.3 is 0 Å². The van der Waals surface area contributed by atoms with Crippen molar-refractivity contribution in [3.8, 4) is 0 Å². The van der Waals surface area contributed by atoms with Crippen molar-refractivity contribution in [3.63, 3.8) is 0 Å². The SMILES string of the molecule is COC1Cc2cc3ccccc3cc21. The predicted octanol–water partition coefficient (Wildman–Crippen LogP) is 3.08. The molecule has 0 saturated heterocycles. The lowest BCUT2D eigenvalue weighted by molar-refractivity contribution is 0.0847. The Morgan fingerprint density at radius 1 is 1.14 bits per heavy atom. The average molecular weight is 184 g/mol. The van der Waals surface area contributed by atoms with Crippen molar-refractivity contribution in [2.45, 2.75) is 12.5 Å². The Hall–Kier alpha value is -1.34. The first-order valence-corrected chi connectivity index (χ1v) is 4.93. The van der Waals surface area contributed by atoms with Gasteiger partial charge in [-0.2, -0.15) is 0 Å². The van der Waals surface area contributed by atoms with Gasteiger partial charge in [0.25, 0.3) is 0 Å². The van der Waals surface area contributed by atoms with E-state index in [0.717, 1.165) is 6.42 Å². The van der Waals surface area contributed by atoms with Crippen molar-refractivity contribution >= 4 is 10.8 Å². The van der Waals surface area contributed by atoms with Gasteiger partial charge in [-0.15, -0.1) is 0 Å². The second-order valence-electron chi connectivity index (χ2n) is 3.83. The standard InChI is InChI=1S/C13H12O/c1-14-13-8-11-6-9-4-2-3-5-10(9)7-12(11)13/h2-7,13H,8H2,1H3. The number of hydrogen-bond donors (Lipinski definition) is 0. The minimum Gasteiger partial charge on any atom is -0.376 e. The van der Waals surface area contributed by atoms with Crippen LogP contribution in [0.4, 0.5) is 0 Å². The summed E-state index contributed by atoms with van der Waals surface area (Å²) in [6.45, 7) is 0. The third-order valence-corrected chi connectivity index (χ3v) is 3.04. The quantitative estimate of drug-likeness (QED) is 0.661. The monoisotopic (exact) mass is 184 g/mol. The maximum absolute atomic E-state index is 5.36. The van der Waals surface area contributed by atoms with E-state index in [1.165, 1.54) is 21.9 Å². The topological polar surface area (TPSA) is 9.23 Å². The number of methoxy groups -OCH3 is 1. The number of ether oxygens (including phenoxy) is 1. The van der Waals surface area contributed by atoms with E-state index < -0.39 is 0 Å². The fourth-order valence-corrected chi connectivity index (χ4v) is 2.17. The highest BCUT2D eigenvalue weighted by Crippen LogP contribution is 2.37. The van der Waals surface area contributed by atoms with Crippen molar-refractivity contribution in [1.29, 1.82) is 0 Å². The number of rotatable bonds is 1. The van der Waals surface area contributed by atoms with Gasteiger partial charge in [0.1, 0.15) is 0 Å². The van der Waals surface area contributed by atoms with Crippen LogP contribution in [0.15, 0.2) is 36.4 Å². The van der Waals surface area contributed by atoms with Crippen molar-refractivity contribution in [2.24, 2.45) is 0 Å². The number of hydrogen-bond acceptors (Lipinski definition) is 1. The van der Waals surface area contributed by atoms with Gasteiger partial charge in [-0.05, 0) is 28.0 Å². The van der Waals surface area contributed by atoms with Crippen molar-refractivity contribution in [3.05, 3.63) is 47.5 Å². The number of benzene rings is 2. The van der Waals surface area contributed by atoms with Crippen LogP contribution < -0.4 is 0 Å². The van der Waals surface area contributed by atoms with Crippen LogP contribution in [0.3, 0.4) is 0 Å². The minimum absolute atomic E-state index is 0.328. The van der Waals surface area contributed by atoms with Gasteiger partial charge in [0.05, 0.1) is 6.10 Å². The van der Waals surface area contributed by atoms with Crippen LogP contribution in [0.1, 0.15) is 17.2 Å². The lowest BCUT2D eigenvalue weighted by atomic mass is 9.83. The first kappa shape index (κ1) is 8.01. The van der Waals surface area contributed by atoms with E-state index >= 15 is 0 Å². The van der Waals surface area contributed by atoms with Crippen LogP contribution in [0.2, 0.25) is 0 Å². The molecule has 70 valence electrons. The van der Waals surface area contributed by atoms with Gasteiger partial charge in [0, 0.05) is 13.5 Å². The Morgan fingerprint density at radius 2 is 1.86 bits per heavy atom. The van der Waals surface area contributed by atoms with Gasteiger partial charge in [-0.1, -0.05) is 30.3 Å². The van der Waals surface area contributed by atoms with E-state index in [-0.39, 0.29) is 0 Å². The molecule has 2 aromatic carbocycles. The molecule has 0 saturated carbocycles. The van der Waals surface area contributed by atoms with Gasteiger partial charge in [0.2, 0.25) is 0 Å². The summed E-state index contributed by atoms with van der Waals surface area (Å²) in [6, 6.07) is 13.0. The fourth-order valence-electron chi connectivity index (χ4n) is 2.17. The first-order chi connectivity index (χ1) is 6.88. The van der Waals surface area contributed by atoms with E-state index in [1.54, 1.807) is 7.11 Å². The van der Waals surface area contributed by atoms with Gasteiger partial charge in [0.15, 0.2) is 0 Å². The smallest absolute Gasteiger partial charge is 0.0864 e. The van der Waals surface area contributed by atoms with Crippen LogP contribution >= 0.6 is 0 Å². The maximum Gasteiger partial charge on any atom is 0.0864 e. The van der Waals surface area contributed by atoms with Crippen molar-refractivity contribution < 1.29 is 4.74 Å². The summed E-state index contributed by atoms with van der Waals surface area (Å²) >= 11 is 0. The summed E-state index contributed by atoms with van der Waals surface area (Å²) in [4.78, 5) is 0. The Balaban J connectivity index is 2.22. The largest absolute Gasteiger partial charge is 0.376 e. The predicted molar refractivity (Wildman–Crippen MR) is 57.4 cm³/mol. The summed E-state index contributed by atoms with van der Waals surface area (Å²) in [6.07, 6.45) is 1.39. The molecule has 0 aromatic heterocycles. The van der Waals surface area contributed by atoms with E-state index in [2.05, 4.69) is 36.4 Å². The summed E-state index contributed by atoms with van der Waals surface area (Å²) in [5, 5.41) is 2.65. The Kier molecular flexibility index (Phi) is 1.62. The van der Waals surface area contributed by atoms with Crippen molar-refractivity contribution in [2.75, 3.05) is 7.11 Å². The van der Waals surface area contributed by atoms with E-state index in [4.69, 9.17) is 4.74 Å². The summed E-state index contributed by atoms with van der Waals surface area (Å²) in [5.41, 5.74) is 2.81. The molecule has 0 heterocycles. The van der Waals surface area contributed by atoms with Gasteiger partial charge in [-0.3, -0.25) is 0 Å². The molecule has 1 aliphatic rings. The van der Waals surface area contributed by atoms with E-state index in [0.29, 0.717) is 6.10 Å². The van der Waals surface area contributed by atoms with E-state index in [9.17, 15) is 0 Å². The Bertz CT molecular complexity index is 488. The lowest BCUT2D eigenvalue weighted by Crippen LogP contribution is -2.18. The maximum atomic E-state index is 5.36. The normalized spacial score (nSPS) is 19.1.